The van der Waals surface area contributed by atoms with Gasteiger partial charge in [0.25, 0.3) is 5.91 Å². The average molecular weight is 469 g/mol. The summed E-state index contributed by atoms with van der Waals surface area (Å²) in [6, 6.07) is 9.74. The minimum Gasteiger partial charge on any atom is -0.365 e. The Bertz CT molecular complexity index is 1270. The van der Waals surface area contributed by atoms with E-state index < -0.39 is 5.91 Å². The van der Waals surface area contributed by atoms with Crippen LogP contribution in [0.1, 0.15) is 21.6 Å². The molecule has 0 bridgehead atoms. The van der Waals surface area contributed by atoms with Gasteiger partial charge >= 0.3 is 6.03 Å². The maximum atomic E-state index is 12.8. The number of nitrogens with one attached hydrogen (secondary N) is 1. The third-order valence-electron chi connectivity index (χ3n) is 5.15. The third kappa shape index (κ3) is 4.13. The molecule has 8 nitrogen and oxygen atoms in total. The second-order valence-corrected chi connectivity index (χ2v) is 8.25. The summed E-state index contributed by atoms with van der Waals surface area (Å²) >= 11 is 12.2. The van der Waals surface area contributed by atoms with Crippen molar-refractivity contribution < 1.29 is 9.59 Å². The first kappa shape index (κ1) is 21.7. The number of benzene rings is 2. The smallest absolute Gasteiger partial charge is 0.322 e. The van der Waals surface area contributed by atoms with Gasteiger partial charge < -0.3 is 16.0 Å². The first-order chi connectivity index (χ1) is 15.3. The summed E-state index contributed by atoms with van der Waals surface area (Å²) in [5.41, 5.74) is 9.38. The Morgan fingerprint density at radius 3 is 2.62 bits per heavy atom. The molecule has 0 fully saturated rings. The van der Waals surface area contributed by atoms with E-state index in [1.165, 1.54) is 6.07 Å². The molecule has 162 valence electrons. The quantitative estimate of drug-likeness (QED) is 0.536. The number of nitrogens with two attached hydrogens (primary N) is 1. The lowest BCUT2D eigenvalue weighted by molar-refractivity contribution is 0.0997. The van der Waals surface area contributed by atoms with Crippen LogP contribution in [0.2, 0.25) is 10.0 Å². The van der Waals surface area contributed by atoms with E-state index in [4.69, 9.17) is 35.5 Å². The molecule has 1 aliphatic heterocycles. The fourth-order valence-electron chi connectivity index (χ4n) is 3.70. The van der Waals surface area contributed by atoms with Gasteiger partial charge in [0.05, 0.1) is 30.9 Å². The summed E-state index contributed by atoms with van der Waals surface area (Å²) < 4.78 is 1.71. The van der Waals surface area contributed by atoms with Crippen LogP contribution in [0.15, 0.2) is 36.4 Å². The van der Waals surface area contributed by atoms with Crippen molar-refractivity contribution in [2.75, 3.05) is 11.9 Å². The predicted octanol–water partition coefficient (Wildman–Crippen LogP) is 4.86. The molecule has 3 amide bonds. The number of amides is 3. The molecular weight excluding hydrogens is 451 g/mol. The molecule has 3 aromatic rings. The van der Waals surface area contributed by atoms with Crippen molar-refractivity contribution in [3.63, 3.8) is 0 Å². The van der Waals surface area contributed by atoms with Crippen molar-refractivity contribution in [3.05, 3.63) is 74.7 Å². The monoisotopic (exact) mass is 468 g/mol. The fraction of sp³-hybridized carbons (Fsp3) is 0.182. The van der Waals surface area contributed by atoms with Gasteiger partial charge in [-0.15, -0.1) is 0 Å². The van der Waals surface area contributed by atoms with E-state index in [-0.39, 0.29) is 23.2 Å². The maximum Gasteiger partial charge on any atom is 0.322 e. The number of carbonyl (C=O) groups excluding carboxylic acids is 2. The molecule has 10 heteroatoms. The second-order valence-electron chi connectivity index (χ2n) is 7.40. The van der Waals surface area contributed by atoms with Crippen LogP contribution in [0.3, 0.4) is 0 Å². The predicted molar refractivity (Wildman–Crippen MR) is 123 cm³/mol. The number of rotatable bonds is 3. The van der Waals surface area contributed by atoms with Crippen LogP contribution < -0.4 is 11.1 Å². The summed E-state index contributed by atoms with van der Waals surface area (Å²) in [6.07, 6.45) is 0. The Hall–Kier alpha value is -3.54. The average Bonchev–Trinajstić information content (AvgIpc) is 3.12. The Morgan fingerprint density at radius 1 is 1.19 bits per heavy atom. The van der Waals surface area contributed by atoms with Gasteiger partial charge in [-0.25, -0.2) is 9.64 Å². The zero-order valence-electron chi connectivity index (χ0n) is 17.0. The number of hydrogen-bond acceptors (Lipinski definition) is 3. The molecule has 2 aromatic carbocycles. The topological polar surface area (TPSA) is 97.6 Å². The van der Waals surface area contributed by atoms with Crippen molar-refractivity contribution in [1.82, 2.24) is 14.7 Å². The molecular formula is C22H18Cl2N6O2. The summed E-state index contributed by atoms with van der Waals surface area (Å²) in [4.78, 5) is 30.0. The van der Waals surface area contributed by atoms with Crippen molar-refractivity contribution >= 4 is 46.5 Å². The zero-order chi connectivity index (χ0) is 23.0. The van der Waals surface area contributed by atoms with E-state index in [0.29, 0.717) is 46.4 Å². The number of nitrogens with zero attached hydrogens (tertiary/aromatic N) is 4. The van der Waals surface area contributed by atoms with Crippen molar-refractivity contribution in [2.24, 2.45) is 5.73 Å². The largest absolute Gasteiger partial charge is 0.365 e. The Balaban J connectivity index is 1.62. The molecule has 3 N–H and O–H groups in total. The van der Waals surface area contributed by atoms with Gasteiger partial charge in [0.15, 0.2) is 0 Å². The van der Waals surface area contributed by atoms with Gasteiger partial charge in [-0.1, -0.05) is 29.3 Å². The van der Waals surface area contributed by atoms with E-state index in [0.717, 1.165) is 5.56 Å². The molecule has 0 saturated heterocycles. The minimum absolute atomic E-state index is 0.157. The normalized spacial score (nSPS) is 12.8. The molecule has 0 spiro atoms. The molecule has 0 aliphatic carbocycles. The first-order valence-corrected chi connectivity index (χ1v) is 10.4. The summed E-state index contributed by atoms with van der Waals surface area (Å²) in [5, 5.41) is 8.15. The highest BCUT2D eigenvalue weighted by molar-refractivity contribution is 6.33. The molecule has 1 aromatic heterocycles. The number of primary amides is 1. The van der Waals surface area contributed by atoms with Gasteiger partial charge in [-0.05, 0) is 42.8 Å². The van der Waals surface area contributed by atoms with Crippen LogP contribution in [0.5, 0.6) is 0 Å². The van der Waals surface area contributed by atoms with Crippen LogP contribution in [-0.4, -0.2) is 33.2 Å². The van der Waals surface area contributed by atoms with Crippen molar-refractivity contribution in [3.8, 4) is 11.3 Å². The van der Waals surface area contributed by atoms with Crippen LogP contribution in [0, 0.1) is 13.5 Å². The van der Waals surface area contributed by atoms with Gasteiger partial charge in [0, 0.05) is 27.8 Å². The number of fused-ring (bicyclic) bond motifs is 1. The summed E-state index contributed by atoms with van der Waals surface area (Å²) in [7, 11) is 0. The van der Waals surface area contributed by atoms with E-state index in [1.54, 1.807) is 27.8 Å². The third-order valence-corrected chi connectivity index (χ3v) is 5.67. The summed E-state index contributed by atoms with van der Waals surface area (Å²) in [5.74, 6) is -0.623. The number of halogens is 2. The summed E-state index contributed by atoms with van der Waals surface area (Å²) in [6.45, 7) is 9.91. The number of aryl methyl sites for hydroxylation is 1. The Labute approximate surface area is 194 Å². The second kappa shape index (κ2) is 8.54. The highest BCUT2D eigenvalue weighted by atomic mass is 35.5. The maximum absolute atomic E-state index is 12.8. The molecule has 2 heterocycles. The number of urea groups is 1. The van der Waals surface area contributed by atoms with E-state index in [1.807, 2.05) is 19.1 Å². The van der Waals surface area contributed by atoms with Crippen LogP contribution >= 0.6 is 23.2 Å². The zero-order valence-corrected chi connectivity index (χ0v) is 18.5. The lowest BCUT2D eigenvalue weighted by Gasteiger charge is -2.28. The lowest BCUT2D eigenvalue weighted by Crippen LogP contribution is -2.41. The van der Waals surface area contributed by atoms with Gasteiger partial charge in [0.1, 0.15) is 5.69 Å². The fourth-order valence-corrected chi connectivity index (χ4v) is 4.22. The minimum atomic E-state index is -0.623. The Morgan fingerprint density at radius 2 is 1.97 bits per heavy atom. The molecule has 0 saturated carbocycles. The molecule has 0 unspecified atom stereocenters. The number of hydrogen-bond donors (Lipinski definition) is 2. The van der Waals surface area contributed by atoms with E-state index in [2.05, 4.69) is 15.3 Å². The first-order valence-electron chi connectivity index (χ1n) is 9.67. The highest BCUT2D eigenvalue weighted by Crippen LogP contribution is 2.31. The highest BCUT2D eigenvalue weighted by Gasteiger charge is 2.30. The molecule has 32 heavy (non-hydrogen) atoms. The van der Waals surface area contributed by atoms with Crippen LogP contribution in [0.25, 0.3) is 16.1 Å². The van der Waals surface area contributed by atoms with Gasteiger partial charge in [-0.3, -0.25) is 9.48 Å². The van der Waals surface area contributed by atoms with Crippen LogP contribution in [0.4, 0.5) is 16.2 Å². The van der Waals surface area contributed by atoms with Crippen LogP contribution in [-0.2, 0) is 13.1 Å². The van der Waals surface area contributed by atoms with E-state index >= 15 is 0 Å². The van der Waals surface area contributed by atoms with Gasteiger partial charge in [0.2, 0.25) is 5.69 Å². The van der Waals surface area contributed by atoms with Crippen molar-refractivity contribution in [1.29, 1.82) is 0 Å². The molecule has 0 atom stereocenters. The molecule has 0 radical (unpaired) electrons. The Kier molecular flexibility index (Phi) is 5.78. The molecule has 1 aliphatic rings. The number of aromatic nitrogens is 2. The lowest BCUT2D eigenvalue weighted by atomic mass is 10.0. The number of carbonyl (C=O) groups is 2. The standard InChI is InChI=1S/C22H18Cl2N6O2/c1-12-7-13(9-14(23)8-12)20-19(21(25)31)18-11-29(5-6-30(18)28-20)22(32)27-15-3-4-17(26-2)16(24)10-15/h3-4,7-10H,5-6,11H2,1H3,(H2,25,31)(H,27,32). The molecule has 4 rings (SSSR count). The SMILES string of the molecule is [C-]#[N+]c1ccc(NC(=O)N2CCn3nc(-c4cc(C)cc(Cl)c4)c(C(N)=O)c3C2)cc1Cl. The number of anilines is 1. The van der Waals surface area contributed by atoms with E-state index in [9.17, 15) is 9.59 Å². The van der Waals surface area contributed by atoms with Gasteiger partial charge in [-0.2, -0.15) is 5.10 Å². The van der Waals surface area contributed by atoms with Crippen molar-refractivity contribution in [2.45, 2.75) is 20.0 Å².